The van der Waals surface area contributed by atoms with Crippen LogP contribution >= 0.6 is 0 Å². The molecule has 0 spiro atoms. The van der Waals surface area contributed by atoms with Crippen molar-refractivity contribution < 1.29 is 14.3 Å². The number of unbranched alkanes of at least 4 members (excludes halogenated alkanes) is 1. The molecule has 0 radical (unpaired) electrons. The molecular weight excluding hydrogens is 228 g/mol. The molecule has 18 heavy (non-hydrogen) atoms. The van der Waals surface area contributed by atoms with Gasteiger partial charge in [-0.15, -0.1) is 0 Å². The van der Waals surface area contributed by atoms with Gasteiger partial charge in [0.2, 0.25) is 0 Å². The summed E-state index contributed by atoms with van der Waals surface area (Å²) in [7, 11) is 0. The van der Waals surface area contributed by atoms with Gasteiger partial charge >= 0.3 is 5.97 Å². The van der Waals surface area contributed by atoms with Gasteiger partial charge in [0.05, 0.1) is 19.6 Å². The zero-order chi connectivity index (χ0) is 13.4. The van der Waals surface area contributed by atoms with E-state index in [0.29, 0.717) is 19.6 Å². The number of esters is 1. The molecule has 3 heteroatoms. The van der Waals surface area contributed by atoms with Crippen LogP contribution in [0.3, 0.4) is 0 Å². The van der Waals surface area contributed by atoms with Gasteiger partial charge in [0.15, 0.2) is 0 Å². The van der Waals surface area contributed by atoms with Crippen LogP contribution in [0.25, 0.3) is 0 Å². The molecule has 0 unspecified atom stereocenters. The molecule has 0 fully saturated rings. The third-order valence-electron chi connectivity index (χ3n) is 2.72. The predicted molar refractivity (Wildman–Crippen MR) is 71.9 cm³/mol. The van der Waals surface area contributed by atoms with Crippen LogP contribution in [0.1, 0.15) is 37.3 Å². The molecule has 0 N–H and O–H groups in total. The van der Waals surface area contributed by atoms with Crippen molar-refractivity contribution >= 4 is 5.97 Å². The van der Waals surface area contributed by atoms with E-state index in [0.717, 1.165) is 29.7 Å². The van der Waals surface area contributed by atoms with E-state index in [9.17, 15) is 4.79 Å². The molecule has 0 aliphatic rings. The Hall–Kier alpha value is -1.51. The molecule has 1 aromatic carbocycles. The number of aryl methyl sites for hydroxylation is 2. The molecule has 0 aliphatic heterocycles. The van der Waals surface area contributed by atoms with Gasteiger partial charge in [0, 0.05) is 0 Å². The van der Waals surface area contributed by atoms with Crippen molar-refractivity contribution in [2.24, 2.45) is 0 Å². The van der Waals surface area contributed by atoms with Crippen LogP contribution in [0.2, 0.25) is 0 Å². The third-order valence-corrected chi connectivity index (χ3v) is 2.72. The number of rotatable bonds is 7. The molecular formula is C15H22O3. The maximum Gasteiger partial charge on any atom is 0.309 e. The fourth-order valence-electron chi connectivity index (χ4n) is 1.67. The number of ether oxygens (including phenoxy) is 2. The van der Waals surface area contributed by atoms with Crippen molar-refractivity contribution in [3.05, 3.63) is 29.3 Å². The van der Waals surface area contributed by atoms with Crippen molar-refractivity contribution in [3.8, 4) is 5.75 Å². The molecule has 0 aliphatic carbocycles. The molecule has 0 heterocycles. The molecule has 0 bridgehead atoms. The van der Waals surface area contributed by atoms with Gasteiger partial charge in [-0.05, 0) is 31.4 Å². The quantitative estimate of drug-likeness (QED) is 0.549. The average molecular weight is 250 g/mol. The Bertz CT molecular complexity index is 365. The molecule has 0 amide bonds. The number of carbonyl (C=O) groups is 1. The topological polar surface area (TPSA) is 35.5 Å². The third kappa shape index (κ3) is 4.78. The Morgan fingerprint density at radius 2 is 1.83 bits per heavy atom. The summed E-state index contributed by atoms with van der Waals surface area (Å²) in [6, 6.07) is 6.00. The van der Waals surface area contributed by atoms with E-state index in [1.807, 2.05) is 32.0 Å². The van der Waals surface area contributed by atoms with Crippen molar-refractivity contribution in [1.29, 1.82) is 0 Å². The van der Waals surface area contributed by atoms with E-state index in [1.54, 1.807) is 0 Å². The van der Waals surface area contributed by atoms with Gasteiger partial charge in [-0.25, -0.2) is 0 Å². The minimum absolute atomic E-state index is 0.185. The van der Waals surface area contributed by atoms with Crippen LogP contribution in [0, 0.1) is 13.8 Å². The monoisotopic (exact) mass is 250 g/mol. The lowest BCUT2D eigenvalue weighted by atomic mass is 10.1. The highest BCUT2D eigenvalue weighted by atomic mass is 16.5. The Labute approximate surface area is 109 Å². The first-order valence-corrected chi connectivity index (χ1v) is 6.49. The largest absolute Gasteiger partial charge is 0.492 e. The lowest BCUT2D eigenvalue weighted by Crippen LogP contribution is -2.11. The Morgan fingerprint density at radius 3 is 2.44 bits per heavy atom. The van der Waals surface area contributed by atoms with Crippen LogP contribution in [-0.2, 0) is 9.53 Å². The van der Waals surface area contributed by atoms with Gasteiger partial charge < -0.3 is 9.47 Å². The van der Waals surface area contributed by atoms with Gasteiger partial charge in [0.25, 0.3) is 0 Å². The summed E-state index contributed by atoms with van der Waals surface area (Å²) < 4.78 is 10.7. The average Bonchev–Trinajstić information content (AvgIpc) is 2.33. The number of para-hydroxylation sites is 1. The van der Waals surface area contributed by atoms with E-state index >= 15 is 0 Å². The molecule has 3 nitrogen and oxygen atoms in total. The van der Waals surface area contributed by atoms with Crippen molar-refractivity contribution in [1.82, 2.24) is 0 Å². The molecule has 0 saturated carbocycles. The number of hydrogen-bond acceptors (Lipinski definition) is 3. The Balaban J connectivity index is 2.31. The second-order valence-corrected chi connectivity index (χ2v) is 4.39. The highest BCUT2D eigenvalue weighted by molar-refractivity contribution is 5.69. The highest BCUT2D eigenvalue weighted by Crippen LogP contribution is 2.22. The van der Waals surface area contributed by atoms with Crippen LogP contribution in [0.15, 0.2) is 18.2 Å². The van der Waals surface area contributed by atoms with Gasteiger partial charge in [0.1, 0.15) is 5.75 Å². The Kier molecular flexibility index (Phi) is 6.26. The zero-order valence-electron chi connectivity index (χ0n) is 11.5. The molecule has 1 aromatic rings. The number of benzene rings is 1. The molecule has 100 valence electrons. The van der Waals surface area contributed by atoms with Crippen molar-refractivity contribution in [2.45, 2.75) is 40.0 Å². The minimum Gasteiger partial charge on any atom is -0.492 e. The highest BCUT2D eigenvalue weighted by Gasteiger charge is 2.06. The van der Waals surface area contributed by atoms with E-state index in [-0.39, 0.29) is 5.97 Å². The Morgan fingerprint density at radius 1 is 1.17 bits per heavy atom. The first-order chi connectivity index (χ1) is 8.65. The molecule has 1 rings (SSSR count). The van der Waals surface area contributed by atoms with Gasteiger partial charge in [-0.1, -0.05) is 31.5 Å². The fraction of sp³-hybridized carbons (Fsp3) is 0.533. The fourth-order valence-corrected chi connectivity index (χ4v) is 1.67. The van der Waals surface area contributed by atoms with E-state index in [1.165, 1.54) is 0 Å². The SMILES string of the molecule is CCCCOC(=O)CCOc1c(C)cccc1C. The number of carbonyl (C=O) groups excluding carboxylic acids is 1. The first kappa shape index (κ1) is 14.6. The summed E-state index contributed by atoms with van der Waals surface area (Å²) in [5.41, 5.74) is 2.18. The standard InChI is InChI=1S/C15H22O3/c1-4-5-10-17-14(16)9-11-18-15-12(2)7-6-8-13(15)3/h6-8H,4-5,9-11H2,1-3H3. The van der Waals surface area contributed by atoms with E-state index in [2.05, 4.69) is 6.92 Å². The first-order valence-electron chi connectivity index (χ1n) is 6.49. The number of hydrogen-bond donors (Lipinski definition) is 0. The maximum absolute atomic E-state index is 11.4. The smallest absolute Gasteiger partial charge is 0.309 e. The van der Waals surface area contributed by atoms with Crippen LogP contribution in [0.4, 0.5) is 0 Å². The zero-order valence-corrected chi connectivity index (χ0v) is 11.5. The van der Waals surface area contributed by atoms with Crippen LogP contribution in [-0.4, -0.2) is 19.2 Å². The van der Waals surface area contributed by atoms with Crippen molar-refractivity contribution in [2.75, 3.05) is 13.2 Å². The maximum atomic E-state index is 11.4. The minimum atomic E-state index is -0.185. The summed E-state index contributed by atoms with van der Waals surface area (Å²) in [4.78, 5) is 11.4. The van der Waals surface area contributed by atoms with Crippen molar-refractivity contribution in [3.63, 3.8) is 0 Å². The summed E-state index contributed by atoms with van der Waals surface area (Å²) in [5.74, 6) is 0.688. The second kappa shape index (κ2) is 7.75. The van der Waals surface area contributed by atoms with E-state index < -0.39 is 0 Å². The second-order valence-electron chi connectivity index (χ2n) is 4.39. The lowest BCUT2D eigenvalue weighted by molar-refractivity contribution is -0.144. The summed E-state index contributed by atoms with van der Waals surface area (Å²) in [5, 5.41) is 0. The predicted octanol–water partition coefficient (Wildman–Crippen LogP) is 3.42. The van der Waals surface area contributed by atoms with Crippen LogP contribution < -0.4 is 4.74 Å². The summed E-state index contributed by atoms with van der Waals surface area (Å²) in [6.07, 6.45) is 2.26. The molecule has 0 atom stereocenters. The van der Waals surface area contributed by atoms with E-state index in [4.69, 9.17) is 9.47 Å². The lowest BCUT2D eigenvalue weighted by Gasteiger charge is -2.11. The molecule has 0 aromatic heterocycles. The summed E-state index contributed by atoms with van der Waals surface area (Å²) in [6.45, 7) is 6.96. The summed E-state index contributed by atoms with van der Waals surface area (Å²) >= 11 is 0. The molecule has 0 saturated heterocycles. The van der Waals surface area contributed by atoms with Gasteiger partial charge in [-0.2, -0.15) is 0 Å². The van der Waals surface area contributed by atoms with Gasteiger partial charge in [-0.3, -0.25) is 4.79 Å². The van der Waals surface area contributed by atoms with Crippen LogP contribution in [0.5, 0.6) is 5.75 Å². The normalized spacial score (nSPS) is 10.2.